The number of nitrogens with one attached hydrogen (secondary N) is 1. The lowest BCUT2D eigenvalue weighted by molar-refractivity contribution is -0.120. The number of benzene rings is 2. The number of hydrogen-bond donors (Lipinski definition) is 1. The Morgan fingerprint density at radius 1 is 1.00 bits per heavy atom. The minimum absolute atomic E-state index is 0.0448. The van der Waals surface area contributed by atoms with Crippen LogP contribution in [0.1, 0.15) is 17.2 Å². The third kappa shape index (κ3) is 5.09. The van der Waals surface area contributed by atoms with E-state index in [1.54, 1.807) is 24.3 Å². The maximum atomic E-state index is 13.2. The molecule has 0 aliphatic carbocycles. The van der Waals surface area contributed by atoms with Crippen molar-refractivity contribution in [2.75, 3.05) is 32.8 Å². The normalized spacial score (nSPS) is 16.2. The third-order valence-corrected chi connectivity index (χ3v) is 4.51. The van der Waals surface area contributed by atoms with Crippen molar-refractivity contribution < 1.29 is 18.3 Å². The Labute approximate surface area is 151 Å². The van der Waals surface area contributed by atoms with Crippen molar-refractivity contribution in [1.82, 2.24) is 10.2 Å². The van der Waals surface area contributed by atoms with Gasteiger partial charge in [-0.3, -0.25) is 9.69 Å². The first kappa shape index (κ1) is 18.5. The smallest absolute Gasteiger partial charge is 0.224 e. The van der Waals surface area contributed by atoms with Gasteiger partial charge in [-0.15, -0.1) is 0 Å². The van der Waals surface area contributed by atoms with Gasteiger partial charge < -0.3 is 10.1 Å². The molecule has 0 saturated carbocycles. The van der Waals surface area contributed by atoms with Crippen molar-refractivity contribution in [3.8, 4) is 0 Å². The predicted molar refractivity (Wildman–Crippen MR) is 94.6 cm³/mol. The molecule has 0 bridgehead atoms. The Hall–Kier alpha value is -2.31. The van der Waals surface area contributed by atoms with Crippen LogP contribution in [0, 0.1) is 11.6 Å². The van der Waals surface area contributed by atoms with Crippen LogP contribution >= 0.6 is 0 Å². The molecule has 0 unspecified atom stereocenters. The van der Waals surface area contributed by atoms with E-state index in [0.717, 1.165) is 24.2 Å². The average Bonchev–Trinajstić information content (AvgIpc) is 2.66. The molecule has 4 nitrogen and oxygen atoms in total. The Morgan fingerprint density at radius 2 is 1.58 bits per heavy atom. The van der Waals surface area contributed by atoms with Crippen LogP contribution in [-0.4, -0.2) is 43.7 Å². The lowest BCUT2D eigenvalue weighted by atomic mass is 10.0. The Bertz CT molecular complexity index is 714. The van der Waals surface area contributed by atoms with Gasteiger partial charge in [0, 0.05) is 19.6 Å². The first-order valence-electron chi connectivity index (χ1n) is 8.70. The molecule has 1 atom stereocenters. The number of nitrogens with zero attached hydrogens (tertiary/aromatic N) is 1. The number of ether oxygens (including phenoxy) is 1. The molecule has 2 aromatic carbocycles. The molecule has 0 radical (unpaired) electrons. The molecule has 138 valence electrons. The first-order chi connectivity index (χ1) is 12.6. The van der Waals surface area contributed by atoms with Crippen LogP contribution < -0.4 is 5.32 Å². The van der Waals surface area contributed by atoms with Crippen LogP contribution in [0.4, 0.5) is 8.78 Å². The van der Waals surface area contributed by atoms with E-state index in [9.17, 15) is 13.6 Å². The first-order valence-corrected chi connectivity index (χ1v) is 8.70. The van der Waals surface area contributed by atoms with E-state index in [1.165, 1.54) is 24.3 Å². The van der Waals surface area contributed by atoms with E-state index in [1.807, 2.05) is 0 Å². The summed E-state index contributed by atoms with van der Waals surface area (Å²) in [7, 11) is 0. The lowest BCUT2D eigenvalue weighted by Crippen LogP contribution is -2.44. The van der Waals surface area contributed by atoms with Gasteiger partial charge in [-0.1, -0.05) is 24.3 Å². The summed E-state index contributed by atoms with van der Waals surface area (Å²) in [6, 6.07) is 12.2. The maximum absolute atomic E-state index is 13.2. The summed E-state index contributed by atoms with van der Waals surface area (Å²) in [6.45, 7) is 3.22. The van der Waals surface area contributed by atoms with E-state index < -0.39 is 0 Å². The van der Waals surface area contributed by atoms with Crippen molar-refractivity contribution in [3.63, 3.8) is 0 Å². The summed E-state index contributed by atoms with van der Waals surface area (Å²) in [4.78, 5) is 14.5. The minimum atomic E-state index is -0.321. The molecule has 6 heteroatoms. The SMILES string of the molecule is O=C(Cc1ccc(F)cc1)NC[C@@H](c1ccc(F)cc1)N1CCOCC1. The zero-order valence-corrected chi connectivity index (χ0v) is 14.5. The van der Waals surface area contributed by atoms with Crippen LogP contribution in [0.2, 0.25) is 0 Å². The summed E-state index contributed by atoms with van der Waals surface area (Å²) in [5.41, 5.74) is 1.71. The molecule has 1 aliphatic rings. The number of amides is 1. The van der Waals surface area contributed by atoms with Gasteiger partial charge in [-0.2, -0.15) is 0 Å². The highest BCUT2D eigenvalue weighted by Gasteiger charge is 2.23. The molecule has 3 rings (SSSR count). The van der Waals surface area contributed by atoms with Crippen molar-refractivity contribution >= 4 is 5.91 Å². The highest BCUT2D eigenvalue weighted by Crippen LogP contribution is 2.21. The van der Waals surface area contributed by atoms with Gasteiger partial charge in [0.05, 0.1) is 25.7 Å². The number of rotatable bonds is 6. The lowest BCUT2D eigenvalue weighted by Gasteiger charge is -2.35. The monoisotopic (exact) mass is 360 g/mol. The van der Waals surface area contributed by atoms with Crippen molar-refractivity contribution in [1.29, 1.82) is 0 Å². The Balaban J connectivity index is 1.64. The Morgan fingerprint density at radius 3 is 2.19 bits per heavy atom. The number of carbonyl (C=O) groups is 1. The van der Waals surface area contributed by atoms with Crippen LogP contribution in [0.5, 0.6) is 0 Å². The molecule has 1 N–H and O–H groups in total. The standard InChI is InChI=1S/C20H22F2N2O2/c21-17-5-1-15(2-6-17)13-20(25)23-14-19(24-9-11-26-12-10-24)16-3-7-18(22)8-4-16/h1-8,19H,9-14H2,(H,23,25)/t19-/m0/s1. The third-order valence-electron chi connectivity index (χ3n) is 4.51. The maximum Gasteiger partial charge on any atom is 0.224 e. The van der Waals surface area contributed by atoms with Crippen LogP contribution in [0.25, 0.3) is 0 Å². The van der Waals surface area contributed by atoms with Crippen molar-refractivity contribution in [2.24, 2.45) is 0 Å². The van der Waals surface area contributed by atoms with Crippen LogP contribution in [-0.2, 0) is 16.0 Å². The summed E-state index contributed by atoms with van der Waals surface area (Å²) in [5.74, 6) is -0.732. The van der Waals surface area contributed by atoms with E-state index >= 15 is 0 Å². The second-order valence-corrected chi connectivity index (χ2v) is 6.32. The molecule has 1 heterocycles. The average molecular weight is 360 g/mol. The van der Waals surface area contributed by atoms with E-state index in [-0.39, 0.29) is 30.0 Å². The van der Waals surface area contributed by atoms with Gasteiger partial charge in [-0.05, 0) is 35.4 Å². The fraction of sp³-hybridized carbons (Fsp3) is 0.350. The summed E-state index contributed by atoms with van der Waals surface area (Å²) < 4.78 is 31.6. The van der Waals surface area contributed by atoms with Crippen LogP contribution in [0.15, 0.2) is 48.5 Å². The van der Waals surface area contributed by atoms with Crippen molar-refractivity contribution in [3.05, 3.63) is 71.3 Å². The van der Waals surface area contributed by atoms with Gasteiger partial charge in [0.2, 0.25) is 5.91 Å². The highest BCUT2D eigenvalue weighted by molar-refractivity contribution is 5.78. The topological polar surface area (TPSA) is 41.6 Å². The zero-order chi connectivity index (χ0) is 18.4. The summed E-state index contributed by atoms with van der Waals surface area (Å²) in [6.07, 6.45) is 0.194. The molecular formula is C20H22F2N2O2. The molecule has 2 aromatic rings. The molecular weight excluding hydrogens is 338 g/mol. The molecule has 1 aliphatic heterocycles. The van der Waals surface area contributed by atoms with E-state index in [0.29, 0.717) is 19.8 Å². The molecule has 1 amide bonds. The summed E-state index contributed by atoms with van der Waals surface area (Å²) >= 11 is 0. The fourth-order valence-electron chi connectivity index (χ4n) is 3.09. The fourth-order valence-corrected chi connectivity index (χ4v) is 3.09. The molecule has 1 saturated heterocycles. The number of halogens is 2. The van der Waals surface area contributed by atoms with E-state index in [4.69, 9.17) is 4.74 Å². The quantitative estimate of drug-likeness (QED) is 0.861. The number of hydrogen-bond acceptors (Lipinski definition) is 3. The predicted octanol–water partition coefficient (Wildman–Crippen LogP) is 2.70. The van der Waals surface area contributed by atoms with Gasteiger partial charge in [0.1, 0.15) is 11.6 Å². The largest absolute Gasteiger partial charge is 0.379 e. The Kier molecular flexibility index (Phi) is 6.30. The van der Waals surface area contributed by atoms with E-state index in [2.05, 4.69) is 10.2 Å². The number of morpholine rings is 1. The minimum Gasteiger partial charge on any atom is -0.379 e. The van der Waals surface area contributed by atoms with Gasteiger partial charge in [-0.25, -0.2) is 8.78 Å². The molecule has 1 fully saturated rings. The summed E-state index contributed by atoms with van der Waals surface area (Å²) in [5, 5.41) is 2.95. The molecule has 0 aromatic heterocycles. The van der Waals surface area contributed by atoms with Crippen molar-refractivity contribution in [2.45, 2.75) is 12.5 Å². The number of carbonyl (C=O) groups excluding carboxylic acids is 1. The molecule has 0 spiro atoms. The highest BCUT2D eigenvalue weighted by atomic mass is 19.1. The second kappa shape index (κ2) is 8.87. The molecule has 26 heavy (non-hydrogen) atoms. The van der Waals surface area contributed by atoms with Crippen LogP contribution in [0.3, 0.4) is 0 Å². The second-order valence-electron chi connectivity index (χ2n) is 6.32. The van der Waals surface area contributed by atoms with Gasteiger partial charge in [0.15, 0.2) is 0 Å². The van der Waals surface area contributed by atoms with Gasteiger partial charge >= 0.3 is 0 Å². The van der Waals surface area contributed by atoms with Gasteiger partial charge in [0.25, 0.3) is 0 Å². The zero-order valence-electron chi connectivity index (χ0n) is 14.5.